The van der Waals surface area contributed by atoms with Crippen LogP contribution in [0.25, 0.3) is 10.8 Å². The van der Waals surface area contributed by atoms with Crippen LogP contribution in [0.3, 0.4) is 0 Å². The Kier molecular flexibility index (Phi) is 7.28. The smallest absolute Gasteiger partial charge is 0.199 e. The predicted octanol–water partition coefficient (Wildman–Crippen LogP) is 7.80. The molecule has 1 saturated heterocycles. The first-order valence-electron chi connectivity index (χ1n) is 13.9. The van der Waals surface area contributed by atoms with Gasteiger partial charge in [0.05, 0.1) is 0 Å². The Bertz CT molecular complexity index is 1410. The van der Waals surface area contributed by atoms with Gasteiger partial charge in [0.15, 0.2) is 5.88 Å². The Morgan fingerprint density at radius 2 is 1.18 bits per heavy atom. The van der Waals surface area contributed by atoms with E-state index in [0.717, 1.165) is 50.7 Å². The first kappa shape index (κ1) is 24.5. The van der Waals surface area contributed by atoms with Crippen LogP contribution >= 0.6 is 0 Å². The van der Waals surface area contributed by atoms with E-state index in [2.05, 4.69) is 119 Å². The molecule has 1 aromatic heterocycles. The quantitative estimate of drug-likeness (QED) is 0.235. The summed E-state index contributed by atoms with van der Waals surface area (Å²) in [4.78, 5) is 2.62. The van der Waals surface area contributed by atoms with Crippen molar-refractivity contribution in [3.63, 3.8) is 0 Å². The summed E-state index contributed by atoms with van der Waals surface area (Å²) in [6.07, 6.45) is 4.05. The lowest BCUT2D eigenvalue weighted by Gasteiger charge is -2.34. The van der Waals surface area contributed by atoms with Crippen LogP contribution in [0.2, 0.25) is 0 Å². The number of hydrogen-bond donors (Lipinski definition) is 1. The van der Waals surface area contributed by atoms with E-state index in [-0.39, 0.29) is 0 Å². The highest BCUT2D eigenvalue weighted by molar-refractivity contribution is 5.91. The van der Waals surface area contributed by atoms with Gasteiger partial charge in [-0.3, -0.25) is 0 Å². The van der Waals surface area contributed by atoms with Gasteiger partial charge in [-0.15, -0.1) is 0 Å². The second-order valence-corrected chi connectivity index (χ2v) is 10.6. The number of nitrogens with zero attached hydrogens (tertiary/aromatic N) is 2. The molecule has 0 aliphatic carbocycles. The first-order chi connectivity index (χ1) is 18.8. The lowest BCUT2D eigenvalue weighted by atomic mass is 9.88. The molecular weight excluding hydrogens is 464 g/mol. The Hall–Kier alpha value is -3.82. The Morgan fingerprint density at radius 3 is 1.79 bits per heavy atom. The van der Waals surface area contributed by atoms with Crippen molar-refractivity contribution >= 4 is 10.8 Å². The molecule has 4 aromatic carbocycles. The zero-order valence-electron chi connectivity index (χ0n) is 21.9. The number of fused-ring (bicyclic) bond motifs is 1. The summed E-state index contributed by atoms with van der Waals surface area (Å²) >= 11 is 0. The van der Waals surface area contributed by atoms with Crippen LogP contribution in [0.5, 0.6) is 5.88 Å². The number of benzene rings is 4. The molecule has 5 aromatic rings. The highest BCUT2D eigenvalue weighted by Gasteiger charge is 2.27. The highest BCUT2D eigenvalue weighted by Crippen LogP contribution is 2.39. The van der Waals surface area contributed by atoms with Crippen molar-refractivity contribution in [2.45, 2.75) is 37.6 Å². The molecule has 3 nitrogen and oxygen atoms in total. The molecule has 1 fully saturated rings. The molecule has 0 saturated carbocycles. The number of likely N-dealkylation sites (tertiary alicyclic amines) is 1. The number of piperidine rings is 1. The van der Waals surface area contributed by atoms with Gasteiger partial charge in [-0.2, -0.15) is 0 Å². The normalized spacial score (nSPS) is 14.9. The van der Waals surface area contributed by atoms with Gasteiger partial charge in [0.25, 0.3) is 0 Å². The SMILES string of the molecule is Oc1c2ccccc2c(Cc2ccccc2)n1C1CCN(CCC(c2ccccc2)c2ccccc2)CC1. The van der Waals surface area contributed by atoms with Crippen molar-refractivity contribution in [2.24, 2.45) is 0 Å². The molecule has 6 rings (SSSR count). The van der Waals surface area contributed by atoms with Gasteiger partial charge < -0.3 is 14.6 Å². The molecular formula is C35H36N2O. The molecule has 192 valence electrons. The van der Waals surface area contributed by atoms with E-state index in [9.17, 15) is 5.11 Å². The first-order valence-corrected chi connectivity index (χ1v) is 13.9. The molecule has 3 heteroatoms. The molecule has 2 heterocycles. The fourth-order valence-corrected chi connectivity index (χ4v) is 6.29. The summed E-state index contributed by atoms with van der Waals surface area (Å²) < 4.78 is 2.26. The summed E-state index contributed by atoms with van der Waals surface area (Å²) in [5.74, 6) is 0.838. The molecule has 1 N–H and O–H groups in total. The maximum Gasteiger partial charge on any atom is 0.199 e. The second kappa shape index (κ2) is 11.3. The standard InChI is InChI=1S/C35H36N2O/c38-35-33-19-11-10-18-32(33)34(26-27-12-4-1-5-13-27)37(35)30-20-23-36(24-21-30)25-22-31(28-14-6-2-7-15-28)29-16-8-3-9-17-29/h1-19,30-31,38H,20-26H2. The number of hydrogen-bond acceptors (Lipinski definition) is 2. The monoisotopic (exact) mass is 500 g/mol. The zero-order valence-corrected chi connectivity index (χ0v) is 21.9. The topological polar surface area (TPSA) is 28.4 Å². The third kappa shape index (κ3) is 5.12. The van der Waals surface area contributed by atoms with Gasteiger partial charge in [-0.05, 0) is 48.6 Å². The molecule has 0 unspecified atom stereocenters. The Balaban J connectivity index is 1.18. The van der Waals surface area contributed by atoms with Crippen LogP contribution < -0.4 is 0 Å². The minimum absolute atomic E-state index is 0.316. The lowest BCUT2D eigenvalue weighted by molar-refractivity contribution is 0.176. The van der Waals surface area contributed by atoms with Crippen molar-refractivity contribution in [1.82, 2.24) is 9.47 Å². The Labute approximate surface area is 226 Å². The molecule has 0 spiro atoms. The van der Waals surface area contributed by atoms with E-state index < -0.39 is 0 Å². The minimum atomic E-state index is 0.316. The van der Waals surface area contributed by atoms with E-state index in [1.807, 2.05) is 6.07 Å². The van der Waals surface area contributed by atoms with Gasteiger partial charge in [-0.1, -0.05) is 109 Å². The van der Waals surface area contributed by atoms with Gasteiger partial charge in [0.2, 0.25) is 0 Å². The van der Waals surface area contributed by atoms with Crippen molar-refractivity contribution < 1.29 is 5.11 Å². The fraction of sp³-hybridized carbons (Fsp3) is 0.257. The largest absolute Gasteiger partial charge is 0.494 e. The van der Waals surface area contributed by atoms with Crippen LogP contribution in [-0.2, 0) is 6.42 Å². The van der Waals surface area contributed by atoms with Crippen LogP contribution in [-0.4, -0.2) is 34.2 Å². The average molecular weight is 501 g/mol. The van der Waals surface area contributed by atoms with Gasteiger partial charge in [0, 0.05) is 47.9 Å². The Morgan fingerprint density at radius 1 is 0.658 bits per heavy atom. The van der Waals surface area contributed by atoms with Gasteiger partial charge in [-0.25, -0.2) is 0 Å². The van der Waals surface area contributed by atoms with Crippen molar-refractivity contribution in [3.05, 3.63) is 138 Å². The summed E-state index contributed by atoms with van der Waals surface area (Å²) in [6, 6.07) is 41.1. The van der Waals surface area contributed by atoms with Crippen LogP contribution in [0.15, 0.2) is 115 Å². The molecule has 0 amide bonds. The molecule has 1 aliphatic rings. The third-order valence-corrected chi connectivity index (χ3v) is 8.27. The van der Waals surface area contributed by atoms with Crippen molar-refractivity contribution in [3.8, 4) is 5.88 Å². The summed E-state index contributed by atoms with van der Waals surface area (Å²) in [5, 5.41) is 13.5. The number of aromatic nitrogens is 1. The third-order valence-electron chi connectivity index (χ3n) is 8.27. The van der Waals surface area contributed by atoms with Crippen LogP contribution in [0, 0.1) is 0 Å². The predicted molar refractivity (Wildman–Crippen MR) is 157 cm³/mol. The van der Waals surface area contributed by atoms with Crippen molar-refractivity contribution in [2.75, 3.05) is 19.6 Å². The fourth-order valence-electron chi connectivity index (χ4n) is 6.29. The second-order valence-electron chi connectivity index (χ2n) is 10.6. The van der Waals surface area contributed by atoms with E-state index >= 15 is 0 Å². The summed E-state index contributed by atoms with van der Waals surface area (Å²) in [7, 11) is 0. The highest BCUT2D eigenvalue weighted by atomic mass is 16.3. The lowest BCUT2D eigenvalue weighted by Crippen LogP contribution is -2.36. The molecule has 0 radical (unpaired) electrons. The number of rotatable bonds is 8. The van der Waals surface area contributed by atoms with E-state index in [1.54, 1.807) is 0 Å². The van der Waals surface area contributed by atoms with Gasteiger partial charge in [0.1, 0.15) is 0 Å². The van der Waals surface area contributed by atoms with E-state index in [4.69, 9.17) is 0 Å². The minimum Gasteiger partial charge on any atom is -0.494 e. The molecule has 38 heavy (non-hydrogen) atoms. The maximum absolute atomic E-state index is 11.3. The summed E-state index contributed by atoms with van der Waals surface area (Å²) in [6.45, 7) is 3.19. The van der Waals surface area contributed by atoms with Gasteiger partial charge >= 0.3 is 0 Å². The van der Waals surface area contributed by atoms with Crippen LogP contribution in [0.1, 0.15) is 53.6 Å². The van der Waals surface area contributed by atoms with Crippen molar-refractivity contribution in [1.29, 1.82) is 0 Å². The summed E-state index contributed by atoms with van der Waals surface area (Å²) in [5.41, 5.74) is 5.30. The molecule has 0 bridgehead atoms. The number of aromatic hydroxyl groups is 1. The van der Waals surface area contributed by atoms with E-state index in [1.165, 1.54) is 27.8 Å². The molecule has 0 atom stereocenters. The molecule has 1 aliphatic heterocycles. The maximum atomic E-state index is 11.3. The average Bonchev–Trinajstić information content (AvgIpc) is 3.26. The van der Waals surface area contributed by atoms with E-state index in [0.29, 0.717) is 17.8 Å². The zero-order chi connectivity index (χ0) is 25.7. The van der Waals surface area contributed by atoms with Crippen LogP contribution in [0.4, 0.5) is 0 Å².